The number of nitrogens with one attached hydrogen (secondary N) is 2. The zero-order valence-electron chi connectivity index (χ0n) is 12.9. The van der Waals surface area contributed by atoms with E-state index >= 15 is 0 Å². The van der Waals surface area contributed by atoms with E-state index in [-0.39, 0.29) is 6.03 Å². The van der Waals surface area contributed by atoms with Gasteiger partial charge in [-0.15, -0.1) is 11.3 Å². The van der Waals surface area contributed by atoms with Crippen LogP contribution in [0.2, 0.25) is 5.02 Å². The van der Waals surface area contributed by atoms with Crippen molar-refractivity contribution in [1.29, 1.82) is 0 Å². The molecule has 0 bridgehead atoms. The zero-order valence-corrected chi connectivity index (χ0v) is 14.5. The fourth-order valence-electron chi connectivity index (χ4n) is 2.48. The van der Waals surface area contributed by atoms with Gasteiger partial charge in [-0.25, -0.2) is 9.78 Å². The van der Waals surface area contributed by atoms with E-state index in [4.69, 9.17) is 11.6 Å². The normalized spacial score (nSPS) is 10.8. The average molecular weight is 369 g/mol. The van der Waals surface area contributed by atoms with Crippen molar-refractivity contribution in [3.05, 3.63) is 71.3 Å². The van der Waals surface area contributed by atoms with E-state index in [0.29, 0.717) is 16.4 Å². The maximum atomic E-state index is 12.2. The van der Waals surface area contributed by atoms with Crippen LogP contribution >= 0.6 is 22.9 Å². The van der Waals surface area contributed by atoms with Gasteiger partial charge in [-0.1, -0.05) is 29.8 Å². The molecule has 2 N–H and O–H groups in total. The lowest BCUT2D eigenvalue weighted by atomic mass is 10.1. The van der Waals surface area contributed by atoms with Crippen molar-refractivity contribution in [2.24, 2.45) is 0 Å². The Morgan fingerprint density at radius 2 is 1.84 bits per heavy atom. The number of nitrogens with zero attached hydrogens (tertiary/aromatic N) is 2. The summed E-state index contributed by atoms with van der Waals surface area (Å²) in [5.41, 5.74) is 3.13. The monoisotopic (exact) mass is 368 g/mol. The summed E-state index contributed by atoms with van der Waals surface area (Å²) in [6.07, 6.45) is 3.94. The topological polar surface area (TPSA) is 58.4 Å². The molecule has 0 radical (unpaired) electrons. The Bertz CT molecular complexity index is 1030. The highest BCUT2D eigenvalue weighted by Crippen LogP contribution is 2.24. The number of amides is 2. The number of carbonyl (C=O) groups is 1. The van der Waals surface area contributed by atoms with Gasteiger partial charge < -0.3 is 10.6 Å². The number of hydrogen-bond donors (Lipinski definition) is 2. The number of aromatic nitrogens is 2. The number of benzene rings is 2. The van der Waals surface area contributed by atoms with Crippen LogP contribution in [0.1, 0.15) is 0 Å². The molecule has 5 nitrogen and oxygen atoms in total. The van der Waals surface area contributed by atoms with Gasteiger partial charge in [0.1, 0.15) is 0 Å². The summed E-state index contributed by atoms with van der Waals surface area (Å²) in [4.78, 5) is 17.7. The van der Waals surface area contributed by atoms with Gasteiger partial charge in [0.2, 0.25) is 0 Å². The molecule has 2 heterocycles. The van der Waals surface area contributed by atoms with Crippen LogP contribution in [0.4, 0.5) is 16.2 Å². The minimum atomic E-state index is -0.328. The summed E-state index contributed by atoms with van der Waals surface area (Å²) in [6, 6.07) is 14.3. The molecular weight excluding hydrogens is 356 g/mol. The third-order valence-electron chi connectivity index (χ3n) is 3.59. The predicted octanol–water partition coefficient (Wildman–Crippen LogP) is 5.36. The van der Waals surface area contributed by atoms with Gasteiger partial charge in [-0.3, -0.25) is 4.40 Å². The van der Waals surface area contributed by atoms with Gasteiger partial charge in [-0.2, -0.15) is 0 Å². The predicted molar refractivity (Wildman–Crippen MR) is 103 cm³/mol. The summed E-state index contributed by atoms with van der Waals surface area (Å²) in [5.74, 6) is 0. The number of halogens is 1. The average Bonchev–Trinajstić information content (AvgIpc) is 3.16. The van der Waals surface area contributed by atoms with E-state index in [1.165, 1.54) is 0 Å². The van der Waals surface area contributed by atoms with Crippen molar-refractivity contribution in [3.8, 4) is 11.3 Å². The summed E-state index contributed by atoms with van der Waals surface area (Å²) < 4.78 is 1.98. The van der Waals surface area contributed by atoms with Crippen molar-refractivity contribution in [1.82, 2.24) is 9.38 Å². The van der Waals surface area contributed by atoms with Crippen LogP contribution in [0.5, 0.6) is 0 Å². The minimum Gasteiger partial charge on any atom is -0.308 e. The van der Waals surface area contributed by atoms with Gasteiger partial charge in [0, 0.05) is 39.7 Å². The van der Waals surface area contributed by atoms with Gasteiger partial charge in [0.05, 0.1) is 5.69 Å². The van der Waals surface area contributed by atoms with Crippen LogP contribution in [-0.4, -0.2) is 15.4 Å². The van der Waals surface area contributed by atoms with Crippen LogP contribution < -0.4 is 10.6 Å². The Balaban J connectivity index is 1.51. The van der Waals surface area contributed by atoms with Crippen LogP contribution in [0.25, 0.3) is 16.2 Å². The van der Waals surface area contributed by atoms with E-state index < -0.39 is 0 Å². The van der Waals surface area contributed by atoms with E-state index in [2.05, 4.69) is 15.6 Å². The van der Waals surface area contributed by atoms with E-state index in [9.17, 15) is 4.79 Å². The Hall–Kier alpha value is -2.83. The third-order valence-corrected chi connectivity index (χ3v) is 4.60. The number of urea groups is 1. The van der Waals surface area contributed by atoms with Crippen molar-refractivity contribution in [2.75, 3.05) is 10.6 Å². The quantitative estimate of drug-likeness (QED) is 0.511. The second kappa shape index (κ2) is 6.58. The lowest BCUT2D eigenvalue weighted by molar-refractivity contribution is 0.262. The molecule has 0 spiro atoms. The molecule has 0 aliphatic rings. The third kappa shape index (κ3) is 3.50. The molecule has 0 saturated heterocycles. The molecule has 0 aliphatic carbocycles. The molecule has 4 rings (SSSR count). The second-order valence-electron chi connectivity index (χ2n) is 5.39. The zero-order chi connectivity index (χ0) is 17.2. The van der Waals surface area contributed by atoms with E-state index in [0.717, 1.165) is 16.2 Å². The summed E-state index contributed by atoms with van der Waals surface area (Å²) in [6.45, 7) is 0. The smallest absolute Gasteiger partial charge is 0.308 e. The van der Waals surface area contributed by atoms with Gasteiger partial charge in [-0.05, 0) is 30.3 Å². The highest BCUT2D eigenvalue weighted by Gasteiger charge is 2.08. The lowest BCUT2D eigenvalue weighted by Gasteiger charge is -2.08. The molecular formula is C18H13ClN4OS. The molecule has 124 valence electrons. The fourth-order valence-corrected chi connectivity index (χ4v) is 3.37. The van der Waals surface area contributed by atoms with E-state index in [1.807, 2.05) is 46.4 Å². The Morgan fingerprint density at radius 1 is 1.08 bits per heavy atom. The van der Waals surface area contributed by atoms with E-state index in [1.54, 1.807) is 35.6 Å². The summed E-state index contributed by atoms with van der Waals surface area (Å²) in [7, 11) is 0. The van der Waals surface area contributed by atoms with Gasteiger partial charge in [0.15, 0.2) is 4.96 Å². The maximum Gasteiger partial charge on any atom is 0.323 e. The largest absolute Gasteiger partial charge is 0.323 e. The molecule has 0 atom stereocenters. The van der Waals surface area contributed by atoms with Crippen LogP contribution in [-0.2, 0) is 0 Å². The first-order valence-corrected chi connectivity index (χ1v) is 8.79. The first-order chi connectivity index (χ1) is 12.2. The molecule has 0 aliphatic heterocycles. The highest BCUT2D eigenvalue weighted by molar-refractivity contribution is 7.15. The molecule has 7 heteroatoms. The Kier molecular flexibility index (Phi) is 4.13. The first-order valence-electron chi connectivity index (χ1n) is 7.53. The van der Waals surface area contributed by atoms with Crippen LogP contribution in [0.3, 0.4) is 0 Å². The number of anilines is 2. The van der Waals surface area contributed by atoms with Crippen LogP contribution in [0.15, 0.2) is 66.3 Å². The number of thiazole rings is 1. The van der Waals surface area contributed by atoms with Crippen molar-refractivity contribution < 1.29 is 4.79 Å². The molecule has 0 unspecified atom stereocenters. The maximum absolute atomic E-state index is 12.2. The second-order valence-corrected chi connectivity index (χ2v) is 6.70. The molecule has 0 fully saturated rings. The molecule has 2 aromatic heterocycles. The molecule has 0 saturated carbocycles. The number of rotatable bonds is 3. The highest BCUT2D eigenvalue weighted by atomic mass is 35.5. The summed E-state index contributed by atoms with van der Waals surface area (Å²) in [5, 5.41) is 8.14. The molecule has 2 aromatic carbocycles. The number of fused-ring (bicyclic) bond motifs is 1. The molecule has 2 amide bonds. The van der Waals surface area contributed by atoms with Gasteiger partial charge >= 0.3 is 6.03 Å². The van der Waals surface area contributed by atoms with Crippen molar-refractivity contribution in [3.63, 3.8) is 0 Å². The van der Waals surface area contributed by atoms with Crippen LogP contribution in [0, 0.1) is 0 Å². The van der Waals surface area contributed by atoms with Gasteiger partial charge in [0.25, 0.3) is 0 Å². The fraction of sp³-hybridized carbons (Fsp3) is 0. The Labute approximate surface area is 152 Å². The molecule has 25 heavy (non-hydrogen) atoms. The molecule has 4 aromatic rings. The minimum absolute atomic E-state index is 0.328. The SMILES string of the molecule is O=C(Nc1cccc(Cl)c1)Nc1cccc(-c2cn3ccsc3n2)c1. The lowest BCUT2D eigenvalue weighted by Crippen LogP contribution is -2.19. The standard InChI is InChI=1S/C18H13ClN4OS/c19-13-4-2-6-15(10-13)21-17(24)20-14-5-1-3-12(9-14)16-11-23-7-8-25-18(23)22-16/h1-11H,(H2,20,21,24). The summed E-state index contributed by atoms with van der Waals surface area (Å²) >= 11 is 7.50. The van der Waals surface area contributed by atoms with Crippen molar-refractivity contribution >= 4 is 45.3 Å². The van der Waals surface area contributed by atoms with Crippen molar-refractivity contribution in [2.45, 2.75) is 0 Å². The Morgan fingerprint density at radius 3 is 2.60 bits per heavy atom. The number of imidazole rings is 1. The number of carbonyl (C=O) groups excluding carboxylic acids is 1. The number of hydrogen-bond acceptors (Lipinski definition) is 3. The first kappa shape index (κ1) is 15.7.